The number of rotatable bonds is 5. The SMILES string of the molecule is O=C(CN1CCN(C(=O)/C=C/c2ccc(Cl)c(C(F)(F)F)c2)CC1)Nc1ccccc1. The van der Waals surface area contributed by atoms with Crippen LogP contribution in [0.2, 0.25) is 5.02 Å². The van der Waals surface area contributed by atoms with Crippen LogP contribution >= 0.6 is 11.6 Å². The van der Waals surface area contributed by atoms with Crippen LogP contribution in [0.25, 0.3) is 6.08 Å². The fraction of sp³-hybridized carbons (Fsp3) is 0.273. The van der Waals surface area contributed by atoms with Crippen molar-refractivity contribution in [1.29, 1.82) is 0 Å². The highest BCUT2D eigenvalue weighted by Crippen LogP contribution is 2.35. The zero-order valence-corrected chi connectivity index (χ0v) is 17.3. The van der Waals surface area contributed by atoms with E-state index in [2.05, 4.69) is 5.32 Å². The Labute approximate surface area is 183 Å². The van der Waals surface area contributed by atoms with Gasteiger partial charge in [-0.1, -0.05) is 35.9 Å². The molecule has 2 amide bonds. The van der Waals surface area contributed by atoms with Gasteiger partial charge in [-0.15, -0.1) is 0 Å². The monoisotopic (exact) mass is 451 g/mol. The fourth-order valence-electron chi connectivity index (χ4n) is 3.19. The van der Waals surface area contributed by atoms with Gasteiger partial charge >= 0.3 is 6.18 Å². The van der Waals surface area contributed by atoms with Gasteiger partial charge in [0.25, 0.3) is 0 Å². The van der Waals surface area contributed by atoms with E-state index >= 15 is 0 Å². The number of para-hydroxylation sites is 1. The van der Waals surface area contributed by atoms with Gasteiger partial charge in [0.1, 0.15) is 0 Å². The molecule has 2 aromatic rings. The minimum Gasteiger partial charge on any atom is -0.337 e. The molecule has 0 atom stereocenters. The lowest BCUT2D eigenvalue weighted by atomic mass is 10.1. The number of nitrogens with zero attached hydrogens (tertiary/aromatic N) is 2. The number of hydrogen-bond acceptors (Lipinski definition) is 3. The molecule has 1 fully saturated rings. The summed E-state index contributed by atoms with van der Waals surface area (Å²) in [6.45, 7) is 2.13. The zero-order chi connectivity index (χ0) is 22.4. The Balaban J connectivity index is 1.49. The topological polar surface area (TPSA) is 52.7 Å². The molecule has 0 spiro atoms. The van der Waals surface area contributed by atoms with Crippen molar-refractivity contribution in [3.05, 3.63) is 70.8 Å². The first-order valence-electron chi connectivity index (χ1n) is 9.63. The van der Waals surface area contributed by atoms with Gasteiger partial charge in [0.05, 0.1) is 17.1 Å². The highest BCUT2D eigenvalue weighted by atomic mass is 35.5. The van der Waals surface area contributed by atoms with Gasteiger partial charge in [-0.2, -0.15) is 13.2 Å². The molecule has 0 unspecified atom stereocenters. The summed E-state index contributed by atoms with van der Waals surface area (Å²) in [4.78, 5) is 28.1. The van der Waals surface area contributed by atoms with Crippen LogP contribution in [0.1, 0.15) is 11.1 Å². The Morgan fingerprint density at radius 3 is 2.35 bits per heavy atom. The van der Waals surface area contributed by atoms with Crippen molar-refractivity contribution in [2.45, 2.75) is 6.18 Å². The third-order valence-corrected chi connectivity index (χ3v) is 5.15. The highest BCUT2D eigenvalue weighted by molar-refractivity contribution is 6.31. The standard InChI is InChI=1S/C22H21ClF3N3O2/c23-19-8-6-16(14-18(19)22(24,25)26)7-9-21(31)29-12-10-28(11-13-29)15-20(30)27-17-4-2-1-3-5-17/h1-9,14H,10-13,15H2,(H,27,30)/b9-7+. The van der Waals surface area contributed by atoms with E-state index in [1.165, 1.54) is 18.2 Å². The van der Waals surface area contributed by atoms with Crippen LogP contribution < -0.4 is 5.32 Å². The number of anilines is 1. The van der Waals surface area contributed by atoms with Crippen molar-refractivity contribution in [3.63, 3.8) is 0 Å². The molecule has 1 saturated heterocycles. The summed E-state index contributed by atoms with van der Waals surface area (Å²) in [6, 6.07) is 12.6. The van der Waals surface area contributed by atoms with E-state index in [9.17, 15) is 22.8 Å². The number of hydrogen-bond donors (Lipinski definition) is 1. The van der Waals surface area contributed by atoms with E-state index in [0.717, 1.165) is 17.8 Å². The van der Waals surface area contributed by atoms with Crippen LogP contribution in [0.4, 0.5) is 18.9 Å². The van der Waals surface area contributed by atoms with Crippen LogP contribution in [0.3, 0.4) is 0 Å². The molecule has 0 radical (unpaired) electrons. The van der Waals surface area contributed by atoms with Gasteiger partial charge in [-0.25, -0.2) is 0 Å². The second-order valence-electron chi connectivity index (χ2n) is 7.09. The number of carbonyl (C=O) groups excluding carboxylic acids is 2. The maximum atomic E-state index is 13.0. The number of piperazine rings is 1. The molecule has 0 bridgehead atoms. The van der Waals surface area contributed by atoms with Crippen LogP contribution in [-0.4, -0.2) is 54.3 Å². The Bertz CT molecular complexity index is 956. The predicted molar refractivity (Wildman–Crippen MR) is 114 cm³/mol. The lowest BCUT2D eigenvalue weighted by Gasteiger charge is -2.33. The quantitative estimate of drug-likeness (QED) is 0.695. The Morgan fingerprint density at radius 1 is 1.03 bits per heavy atom. The second kappa shape index (κ2) is 9.98. The summed E-state index contributed by atoms with van der Waals surface area (Å²) in [5.41, 5.74) is 0.0229. The van der Waals surface area contributed by atoms with Crippen molar-refractivity contribution < 1.29 is 22.8 Å². The lowest BCUT2D eigenvalue weighted by molar-refractivity contribution is -0.137. The number of nitrogens with one attached hydrogen (secondary N) is 1. The van der Waals surface area contributed by atoms with Crippen LogP contribution in [0.5, 0.6) is 0 Å². The molecule has 5 nitrogen and oxygen atoms in total. The smallest absolute Gasteiger partial charge is 0.337 e. The number of alkyl halides is 3. The largest absolute Gasteiger partial charge is 0.417 e. The molecule has 1 aliphatic heterocycles. The molecule has 2 aromatic carbocycles. The van der Waals surface area contributed by atoms with Crippen molar-refractivity contribution in [2.75, 3.05) is 38.0 Å². The minimum absolute atomic E-state index is 0.130. The number of amides is 2. The summed E-state index contributed by atoms with van der Waals surface area (Å²) < 4.78 is 38.9. The minimum atomic E-state index is -4.56. The predicted octanol–water partition coefficient (Wildman–Crippen LogP) is 4.15. The number of carbonyl (C=O) groups is 2. The van der Waals surface area contributed by atoms with Gasteiger partial charge in [0.2, 0.25) is 11.8 Å². The summed E-state index contributed by atoms with van der Waals surface area (Å²) in [5, 5.41) is 2.43. The molecule has 3 rings (SSSR count). The maximum absolute atomic E-state index is 13.0. The number of halogens is 4. The van der Waals surface area contributed by atoms with Gasteiger partial charge in [-0.05, 0) is 35.9 Å². The highest BCUT2D eigenvalue weighted by Gasteiger charge is 2.33. The third kappa shape index (κ3) is 6.57. The van der Waals surface area contributed by atoms with Crippen molar-refractivity contribution in [3.8, 4) is 0 Å². The molecule has 9 heteroatoms. The summed E-state index contributed by atoms with van der Waals surface area (Å²) >= 11 is 5.61. The van der Waals surface area contributed by atoms with E-state index in [1.54, 1.807) is 17.0 Å². The fourth-order valence-corrected chi connectivity index (χ4v) is 3.41. The van der Waals surface area contributed by atoms with Crippen LogP contribution in [0, 0.1) is 0 Å². The molecule has 1 heterocycles. The van der Waals surface area contributed by atoms with Crippen molar-refractivity contribution >= 4 is 35.2 Å². The maximum Gasteiger partial charge on any atom is 0.417 e. The summed E-state index contributed by atoms with van der Waals surface area (Å²) in [6.07, 6.45) is -1.97. The van der Waals surface area contributed by atoms with Gasteiger partial charge in [0.15, 0.2) is 0 Å². The molecule has 1 aliphatic rings. The molecule has 0 saturated carbocycles. The normalized spacial score (nSPS) is 15.3. The van der Waals surface area contributed by atoms with Crippen molar-refractivity contribution in [2.24, 2.45) is 0 Å². The van der Waals surface area contributed by atoms with Crippen molar-refractivity contribution in [1.82, 2.24) is 9.80 Å². The van der Waals surface area contributed by atoms with Crippen LogP contribution in [0.15, 0.2) is 54.6 Å². The first kappa shape index (κ1) is 22.8. The van der Waals surface area contributed by atoms with E-state index < -0.39 is 11.7 Å². The van der Waals surface area contributed by atoms with E-state index in [-0.39, 0.29) is 28.9 Å². The first-order valence-corrected chi connectivity index (χ1v) is 10.0. The van der Waals surface area contributed by atoms with E-state index in [0.29, 0.717) is 26.2 Å². The average Bonchev–Trinajstić information content (AvgIpc) is 2.73. The first-order chi connectivity index (χ1) is 14.7. The number of benzene rings is 2. The molecule has 1 N–H and O–H groups in total. The Kier molecular flexibility index (Phi) is 7.35. The van der Waals surface area contributed by atoms with E-state index in [4.69, 9.17) is 11.6 Å². The second-order valence-corrected chi connectivity index (χ2v) is 7.49. The van der Waals surface area contributed by atoms with Gasteiger partial charge < -0.3 is 10.2 Å². The zero-order valence-electron chi connectivity index (χ0n) is 16.5. The molecule has 0 aliphatic carbocycles. The summed E-state index contributed by atoms with van der Waals surface area (Å²) in [5.74, 6) is -0.425. The summed E-state index contributed by atoms with van der Waals surface area (Å²) in [7, 11) is 0. The Hall–Kier alpha value is -2.84. The van der Waals surface area contributed by atoms with Crippen LogP contribution in [-0.2, 0) is 15.8 Å². The molecule has 0 aromatic heterocycles. The molecular formula is C22H21ClF3N3O2. The third-order valence-electron chi connectivity index (χ3n) is 4.82. The Morgan fingerprint density at radius 2 is 1.71 bits per heavy atom. The van der Waals surface area contributed by atoms with E-state index in [1.807, 2.05) is 23.1 Å². The van der Waals surface area contributed by atoms with Gasteiger partial charge in [-0.3, -0.25) is 14.5 Å². The molecule has 164 valence electrons. The lowest BCUT2D eigenvalue weighted by Crippen LogP contribution is -2.50. The molecular weight excluding hydrogens is 431 g/mol. The average molecular weight is 452 g/mol. The van der Waals surface area contributed by atoms with Gasteiger partial charge in [0, 0.05) is 37.9 Å². The molecule has 31 heavy (non-hydrogen) atoms.